The van der Waals surface area contributed by atoms with Crippen molar-refractivity contribution in [2.75, 3.05) is 25.0 Å². The molecule has 0 saturated carbocycles. The van der Waals surface area contributed by atoms with E-state index in [0.29, 0.717) is 25.0 Å². The lowest BCUT2D eigenvalue weighted by Gasteiger charge is -2.19. The summed E-state index contributed by atoms with van der Waals surface area (Å²) in [6.45, 7) is 11.7. The molecule has 0 atom stereocenters. The molecule has 2 N–H and O–H groups in total. The Morgan fingerprint density at radius 3 is 2.34 bits per heavy atom. The number of hydrogen-bond donors (Lipinski definition) is 2. The molecule has 0 radical (unpaired) electrons. The second-order valence-corrected chi connectivity index (χ2v) is 6.71. The van der Waals surface area contributed by atoms with E-state index < -0.39 is 0 Å². The number of halogens is 1. The van der Waals surface area contributed by atoms with E-state index in [9.17, 15) is 0 Å². The van der Waals surface area contributed by atoms with Gasteiger partial charge in [0.2, 0.25) is 0 Å². The Bertz CT molecular complexity index is 723. The van der Waals surface area contributed by atoms with E-state index in [0.717, 1.165) is 48.8 Å². The van der Waals surface area contributed by atoms with Gasteiger partial charge in [-0.3, -0.25) is 4.99 Å². The summed E-state index contributed by atoms with van der Waals surface area (Å²) in [4.78, 5) is 11.1. The minimum Gasteiger partial charge on any atom is -0.359 e. The fraction of sp³-hybridized carbons (Fsp3) is 0.571. The van der Waals surface area contributed by atoms with Gasteiger partial charge in [-0.25, -0.2) is 4.98 Å². The maximum Gasteiger partial charge on any atom is 0.191 e. The van der Waals surface area contributed by atoms with Crippen molar-refractivity contribution in [3.8, 4) is 0 Å². The summed E-state index contributed by atoms with van der Waals surface area (Å²) in [5.74, 6) is 3.00. The Kier molecular flexibility index (Phi) is 11.6. The van der Waals surface area contributed by atoms with Gasteiger partial charge in [0.1, 0.15) is 5.82 Å². The van der Waals surface area contributed by atoms with Crippen LogP contribution in [-0.4, -0.2) is 36.2 Å². The van der Waals surface area contributed by atoms with E-state index in [4.69, 9.17) is 4.52 Å². The number of nitrogens with zero attached hydrogens (tertiary/aromatic N) is 4. The van der Waals surface area contributed by atoms with Gasteiger partial charge in [0, 0.05) is 44.9 Å². The molecule has 0 spiro atoms. The highest BCUT2D eigenvalue weighted by Crippen LogP contribution is 2.22. The van der Waals surface area contributed by atoms with Crippen molar-refractivity contribution in [1.29, 1.82) is 0 Å². The molecule has 0 unspecified atom stereocenters. The lowest BCUT2D eigenvalue weighted by Crippen LogP contribution is -2.36. The maximum absolute atomic E-state index is 5.45. The molecule has 2 rings (SSSR count). The van der Waals surface area contributed by atoms with Crippen LogP contribution in [0, 0.1) is 0 Å². The summed E-state index contributed by atoms with van der Waals surface area (Å²) < 4.78 is 5.45. The van der Waals surface area contributed by atoms with E-state index in [1.54, 1.807) is 7.05 Å². The number of rotatable bonds is 10. The second kappa shape index (κ2) is 13.4. The summed E-state index contributed by atoms with van der Waals surface area (Å²) >= 11 is 0. The molecule has 0 aliphatic rings. The smallest absolute Gasteiger partial charge is 0.191 e. The van der Waals surface area contributed by atoms with Crippen LogP contribution in [0.25, 0.3) is 0 Å². The zero-order valence-corrected chi connectivity index (χ0v) is 20.6. The molecular weight excluding hydrogens is 479 g/mol. The fourth-order valence-electron chi connectivity index (χ4n) is 3.14. The molecule has 2 aromatic heterocycles. The first-order valence-corrected chi connectivity index (χ1v) is 10.2. The van der Waals surface area contributed by atoms with Crippen LogP contribution >= 0.6 is 24.0 Å². The van der Waals surface area contributed by atoms with E-state index >= 15 is 0 Å². The molecular formula is C21H35IN6O. The average Bonchev–Trinajstić information content (AvgIpc) is 3.20. The van der Waals surface area contributed by atoms with E-state index in [-0.39, 0.29) is 24.0 Å². The monoisotopic (exact) mass is 514 g/mol. The summed E-state index contributed by atoms with van der Waals surface area (Å²) in [6.07, 6.45) is 4.05. The van der Waals surface area contributed by atoms with Gasteiger partial charge in [0.25, 0.3) is 0 Å². The predicted molar refractivity (Wildman–Crippen MR) is 130 cm³/mol. The molecule has 0 aliphatic carbocycles. The number of anilines is 1. The largest absolute Gasteiger partial charge is 0.359 e. The topological polar surface area (TPSA) is 78.6 Å². The van der Waals surface area contributed by atoms with Crippen molar-refractivity contribution in [1.82, 2.24) is 20.8 Å². The fourth-order valence-corrected chi connectivity index (χ4v) is 3.14. The van der Waals surface area contributed by atoms with Crippen LogP contribution in [0.3, 0.4) is 0 Å². The van der Waals surface area contributed by atoms with Crippen molar-refractivity contribution >= 4 is 35.8 Å². The Balaban J connectivity index is 0.00000420. The van der Waals surface area contributed by atoms with Crippen LogP contribution in [0.1, 0.15) is 63.5 Å². The van der Waals surface area contributed by atoms with Crippen LogP contribution in [0.5, 0.6) is 0 Å². The summed E-state index contributed by atoms with van der Waals surface area (Å²) in [6, 6.07) is 6.20. The summed E-state index contributed by atoms with van der Waals surface area (Å²) in [7, 11) is 1.76. The third-order valence-corrected chi connectivity index (χ3v) is 4.99. The number of guanidine groups is 1. The zero-order chi connectivity index (χ0) is 20.4. The number of pyridine rings is 1. The summed E-state index contributed by atoms with van der Waals surface area (Å²) in [5, 5.41) is 10.8. The van der Waals surface area contributed by atoms with E-state index in [1.807, 2.05) is 12.3 Å². The first-order valence-electron chi connectivity index (χ1n) is 10.2. The Labute approximate surface area is 191 Å². The lowest BCUT2D eigenvalue weighted by atomic mass is 9.99. The first kappa shape index (κ1) is 25.2. The molecule has 0 aliphatic heterocycles. The van der Waals surface area contributed by atoms with Gasteiger partial charge in [0.15, 0.2) is 11.7 Å². The predicted octanol–water partition coefficient (Wildman–Crippen LogP) is 4.30. The molecule has 0 fully saturated rings. The third kappa shape index (κ3) is 7.49. The third-order valence-electron chi connectivity index (χ3n) is 4.99. The van der Waals surface area contributed by atoms with E-state index in [2.05, 4.69) is 70.5 Å². The van der Waals surface area contributed by atoms with Gasteiger partial charge in [-0.15, -0.1) is 24.0 Å². The van der Waals surface area contributed by atoms with Gasteiger partial charge in [-0.2, -0.15) is 0 Å². The average molecular weight is 514 g/mol. The molecule has 7 nitrogen and oxygen atoms in total. The van der Waals surface area contributed by atoms with Crippen LogP contribution in [-0.2, 0) is 13.1 Å². The first-order chi connectivity index (χ1) is 13.6. The molecule has 0 saturated heterocycles. The molecule has 0 amide bonds. The van der Waals surface area contributed by atoms with Crippen LogP contribution in [0.4, 0.5) is 5.82 Å². The Morgan fingerprint density at radius 1 is 1.10 bits per heavy atom. The minimum absolute atomic E-state index is 0. The number of nitrogens with one attached hydrogen (secondary N) is 2. The van der Waals surface area contributed by atoms with Crippen molar-refractivity contribution in [3.63, 3.8) is 0 Å². The quantitative estimate of drug-likeness (QED) is 0.280. The molecule has 29 heavy (non-hydrogen) atoms. The van der Waals surface area contributed by atoms with E-state index in [1.165, 1.54) is 0 Å². The number of hydrogen-bond acceptors (Lipinski definition) is 5. The Morgan fingerprint density at radius 2 is 1.79 bits per heavy atom. The zero-order valence-electron chi connectivity index (χ0n) is 18.2. The van der Waals surface area contributed by atoms with Crippen molar-refractivity contribution in [3.05, 3.63) is 41.4 Å². The number of aliphatic imine (C=N–C) groups is 1. The Hall–Kier alpha value is -1.84. The lowest BCUT2D eigenvalue weighted by molar-refractivity contribution is 0.368. The van der Waals surface area contributed by atoms with Crippen molar-refractivity contribution < 1.29 is 4.52 Å². The van der Waals surface area contributed by atoms with Crippen LogP contribution < -0.4 is 15.5 Å². The normalized spacial score (nSPS) is 11.3. The van der Waals surface area contributed by atoms with Crippen molar-refractivity contribution in [2.24, 2.45) is 4.99 Å². The molecule has 162 valence electrons. The van der Waals surface area contributed by atoms with Gasteiger partial charge in [-0.1, -0.05) is 25.1 Å². The van der Waals surface area contributed by atoms with Crippen molar-refractivity contribution in [2.45, 2.75) is 59.5 Å². The number of aromatic nitrogens is 2. The second-order valence-electron chi connectivity index (χ2n) is 6.71. The molecule has 2 heterocycles. The minimum atomic E-state index is 0. The highest BCUT2D eigenvalue weighted by Gasteiger charge is 2.13. The molecule has 0 bridgehead atoms. The highest BCUT2D eigenvalue weighted by molar-refractivity contribution is 14.0. The van der Waals surface area contributed by atoms with Gasteiger partial charge >= 0.3 is 0 Å². The maximum atomic E-state index is 5.45. The highest BCUT2D eigenvalue weighted by atomic mass is 127. The molecule has 8 heteroatoms. The van der Waals surface area contributed by atoms with Gasteiger partial charge in [0.05, 0.1) is 12.2 Å². The molecule has 0 aromatic carbocycles. The SMILES string of the molecule is CCC(CC)c1cc(CNC(=NC)NCc2ccc(N(CC)CC)nc2)on1.I. The summed E-state index contributed by atoms with van der Waals surface area (Å²) in [5.41, 5.74) is 2.14. The van der Waals surface area contributed by atoms with Crippen LogP contribution in [0.15, 0.2) is 33.9 Å². The molecule has 2 aromatic rings. The van der Waals surface area contributed by atoms with Gasteiger partial charge < -0.3 is 20.1 Å². The van der Waals surface area contributed by atoms with Crippen LogP contribution in [0.2, 0.25) is 0 Å². The van der Waals surface area contributed by atoms with Gasteiger partial charge in [-0.05, 0) is 38.3 Å². The standard InChI is InChI=1S/C21H34N6O.HI/c1-6-17(7-2)19-12-18(28-26-19)15-25-21(22-5)24-14-16-10-11-20(23-13-16)27(8-3)9-4;/h10-13,17H,6-9,14-15H2,1-5H3,(H2,22,24,25);1H.